The molecule has 4 aliphatic rings. The van der Waals surface area contributed by atoms with Crippen LogP contribution >= 0.6 is 0 Å². The molecule has 2 amide bonds. The minimum Gasteiger partial charge on any atom is -0.384 e. The van der Waals surface area contributed by atoms with Gasteiger partial charge in [0.2, 0.25) is 5.72 Å². The molecule has 4 heterocycles. The molecule has 5 rings (SSSR count). The Balaban J connectivity index is 1.57. The van der Waals surface area contributed by atoms with E-state index in [1.54, 1.807) is 38.1 Å². The smallest absolute Gasteiger partial charge is 0.280 e. The van der Waals surface area contributed by atoms with Gasteiger partial charge in [0.25, 0.3) is 23.2 Å². The average molecular weight is 489 g/mol. The van der Waals surface area contributed by atoms with Crippen LogP contribution in [0.2, 0.25) is 0 Å². The predicted molar refractivity (Wildman–Crippen MR) is 120 cm³/mol. The molecule has 4 saturated heterocycles. The number of aliphatic hydroxyl groups excluding tert-OH is 1. The second-order valence-corrected chi connectivity index (χ2v) is 9.36. The van der Waals surface area contributed by atoms with Crippen molar-refractivity contribution < 1.29 is 38.9 Å². The van der Waals surface area contributed by atoms with Crippen molar-refractivity contribution in [2.75, 3.05) is 13.2 Å². The van der Waals surface area contributed by atoms with Crippen molar-refractivity contribution in [2.45, 2.75) is 56.1 Å². The number of amides is 2. The number of ether oxygens (including phenoxy) is 3. The van der Waals surface area contributed by atoms with Gasteiger partial charge in [-0.2, -0.15) is 0 Å². The molecule has 0 aromatic heterocycles. The fraction of sp³-hybridized carbons (Fsp3) is 0.478. The zero-order valence-electron chi connectivity index (χ0n) is 19.4. The Hall–Kier alpha value is -3.16. The van der Waals surface area contributed by atoms with Crippen molar-refractivity contribution in [3.05, 3.63) is 57.7 Å². The lowest BCUT2D eigenvalue weighted by atomic mass is 9.84. The third-order valence-corrected chi connectivity index (χ3v) is 6.26. The Morgan fingerprint density at radius 1 is 1.11 bits per heavy atom. The number of hydrogen-bond acceptors (Lipinski definition) is 9. The van der Waals surface area contributed by atoms with Gasteiger partial charge in [-0.15, -0.1) is 0 Å². The topological polar surface area (TPSA) is 169 Å². The lowest BCUT2D eigenvalue weighted by Crippen LogP contribution is -2.82. The molecule has 0 saturated carbocycles. The molecule has 4 atom stereocenters. The van der Waals surface area contributed by atoms with Crippen LogP contribution in [0.3, 0.4) is 0 Å². The first-order chi connectivity index (χ1) is 16.3. The number of carbonyl (C=O) groups is 2. The molecule has 1 aromatic carbocycles. The van der Waals surface area contributed by atoms with E-state index in [0.717, 1.165) is 0 Å². The molecule has 35 heavy (non-hydrogen) atoms. The van der Waals surface area contributed by atoms with Crippen molar-refractivity contribution >= 4 is 23.6 Å². The summed E-state index contributed by atoms with van der Waals surface area (Å²) in [5.74, 6) is -2.94. The largest absolute Gasteiger partial charge is 0.384 e. The van der Waals surface area contributed by atoms with Crippen LogP contribution in [0.15, 0.2) is 42.0 Å². The molecule has 1 aromatic rings. The molecule has 4 aliphatic heterocycles. The van der Waals surface area contributed by atoms with Gasteiger partial charge < -0.3 is 35.1 Å². The molecule has 4 fully saturated rings. The summed E-state index contributed by atoms with van der Waals surface area (Å²) >= 11 is 0. The van der Waals surface area contributed by atoms with Crippen molar-refractivity contribution in [1.82, 2.24) is 10.6 Å². The minimum absolute atomic E-state index is 0.0498. The number of nitrogens with zero attached hydrogens (tertiary/aromatic N) is 1. The summed E-state index contributed by atoms with van der Waals surface area (Å²) in [6, 6.07) is 5.80. The molecule has 0 radical (unpaired) electrons. The van der Waals surface area contributed by atoms with Crippen LogP contribution in [0.1, 0.15) is 32.8 Å². The maximum Gasteiger partial charge on any atom is 0.280 e. The summed E-state index contributed by atoms with van der Waals surface area (Å²) in [5, 5.41) is 37.7. The van der Waals surface area contributed by atoms with Gasteiger partial charge in [0.05, 0.1) is 18.1 Å². The summed E-state index contributed by atoms with van der Waals surface area (Å²) in [4.78, 5) is 36.5. The van der Waals surface area contributed by atoms with E-state index in [1.807, 2.05) is 0 Å². The van der Waals surface area contributed by atoms with Gasteiger partial charge in [0, 0.05) is 12.1 Å². The van der Waals surface area contributed by atoms with E-state index in [0.29, 0.717) is 5.56 Å². The van der Waals surface area contributed by atoms with E-state index in [9.17, 15) is 29.9 Å². The molecule has 0 unspecified atom stereocenters. The monoisotopic (exact) mass is 489 g/mol. The van der Waals surface area contributed by atoms with E-state index < -0.39 is 45.7 Å². The van der Waals surface area contributed by atoms with Crippen LogP contribution in [0.5, 0.6) is 0 Å². The Bertz CT molecular complexity index is 1120. The van der Waals surface area contributed by atoms with Crippen LogP contribution in [0.4, 0.5) is 5.69 Å². The van der Waals surface area contributed by atoms with Crippen LogP contribution in [-0.2, 0) is 23.8 Å². The van der Waals surface area contributed by atoms with Crippen molar-refractivity contribution in [3.63, 3.8) is 0 Å². The van der Waals surface area contributed by atoms with E-state index in [2.05, 4.69) is 10.6 Å². The first-order valence-corrected chi connectivity index (χ1v) is 11.0. The van der Waals surface area contributed by atoms with Crippen LogP contribution in [0, 0.1) is 10.1 Å². The summed E-state index contributed by atoms with van der Waals surface area (Å²) in [5.41, 5.74) is -5.19. The van der Waals surface area contributed by atoms with E-state index in [4.69, 9.17) is 14.2 Å². The number of benzene rings is 1. The number of fused-ring (bicyclic) bond motifs is 5. The number of rotatable bonds is 5. The summed E-state index contributed by atoms with van der Waals surface area (Å²) in [6.45, 7) is 4.68. The zero-order valence-corrected chi connectivity index (χ0v) is 19.4. The average Bonchev–Trinajstić information content (AvgIpc) is 3.08. The molecule has 12 heteroatoms. The fourth-order valence-electron chi connectivity index (χ4n) is 4.42. The maximum absolute atomic E-state index is 13.2. The molecule has 188 valence electrons. The second-order valence-electron chi connectivity index (χ2n) is 9.36. The van der Waals surface area contributed by atoms with Crippen molar-refractivity contribution in [2.24, 2.45) is 0 Å². The van der Waals surface area contributed by atoms with Gasteiger partial charge in [-0.05, 0) is 50.5 Å². The quantitative estimate of drug-likeness (QED) is 0.339. The molecule has 2 bridgehead atoms. The van der Waals surface area contributed by atoms with E-state index in [-0.39, 0.29) is 30.9 Å². The van der Waals surface area contributed by atoms with Crippen molar-refractivity contribution in [3.8, 4) is 0 Å². The Morgan fingerprint density at radius 2 is 1.80 bits per heavy atom. The predicted octanol–water partition coefficient (Wildman–Crippen LogP) is 0.488. The van der Waals surface area contributed by atoms with E-state index in [1.165, 1.54) is 25.1 Å². The maximum atomic E-state index is 13.2. The first kappa shape index (κ1) is 24.9. The SMILES string of the molecule is CC1(C)OC[C@@](C)([C@H](O)[C@@]23NC(=O)[C@@](O)(NC2=O)/C(=C/C=C/c2ccc([N+](=O)[O-])cc2)CCO3)O1. The number of nitro benzene ring substituents is 1. The fourth-order valence-corrected chi connectivity index (χ4v) is 4.42. The summed E-state index contributed by atoms with van der Waals surface area (Å²) in [6.07, 6.45) is 3.02. The molecular weight excluding hydrogens is 462 g/mol. The highest BCUT2D eigenvalue weighted by Crippen LogP contribution is 2.40. The third-order valence-electron chi connectivity index (χ3n) is 6.26. The number of hydrogen-bond donors (Lipinski definition) is 4. The molecule has 0 aliphatic carbocycles. The standard InChI is InChI=1S/C23H27N3O9/c1-20(2)34-13-21(3,35-20)17(27)23-19(29)24-22(30,18(28)25-23)15(11-12-33-23)6-4-5-14-7-9-16(10-8-14)26(31)32/h4-10,17,27,30H,11-13H2,1-3H3,(H,24,29)(H,25,28)/b5-4+,15-6+/t17-,21-,22+,23-/m0/s1. The second kappa shape index (κ2) is 8.50. The summed E-state index contributed by atoms with van der Waals surface area (Å²) < 4.78 is 17.1. The van der Waals surface area contributed by atoms with Gasteiger partial charge in [0.15, 0.2) is 5.79 Å². The number of allylic oxidation sites excluding steroid dienone is 2. The Morgan fingerprint density at radius 3 is 2.40 bits per heavy atom. The zero-order chi connectivity index (χ0) is 25.6. The lowest BCUT2D eigenvalue weighted by molar-refractivity contribution is -0.384. The molecular formula is C23H27N3O9. The number of nitrogens with one attached hydrogen (secondary N) is 2. The lowest BCUT2D eigenvalue weighted by Gasteiger charge is -2.50. The highest BCUT2D eigenvalue weighted by Gasteiger charge is 2.65. The van der Waals surface area contributed by atoms with Crippen LogP contribution in [0.25, 0.3) is 6.08 Å². The molecule has 12 nitrogen and oxygen atoms in total. The number of non-ortho nitro benzene ring substituents is 1. The highest BCUT2D eigenvalue weighted by molar-refractivity contribution is 6.03. The van der Waals surface area contributed by atoms with Crippen molar-refractivity contribution in [1.29, 1.82) is 0 Å². The van der Waals surface area contributed by atoms with Gasteiger partial charge in [-0.25, -0.2) is 0 Å². The van der Waals surface area contributed by atoms with Crippen LogP contribution < -0.4 is 10.6 Å². The number of carbonyl (C=O) groups excluding carboxylic acids is 2. The molecule has 0 spiro atoms. The molecule has 4 N–H and O–H groups in total. The Kier molecular flexibility index (Phi) is 6.06. The number of nitro groups is 1. The highest BCUT2D eigenvalue weighted by atomic mass is 16.8. The van der Waals surface area contributed by atoms with Gasteiger partial charge >= 0.3 is 0 Å². The number of piperazine rings is 1. The minimum atomic E-state index is -2.36. The van der Waals surface area contributed by atoms with Crippen LogP contribution in [-0.4, -0.2) is 69.1 Å². The normalized spacial score (nSPS) is 34.4. The first-order valence-electron chi connectivity index (χ1n) is 11.0. The summed E-state index contributed by atoms with van der Waals surface area (Å²) in [7, 11) is 0. The van der Waals surface area contributed by atoms with Gasteiger partial charge in [0.1, 0.15) is 11.7 Å². The third kappa shape index (κ3) is 4.34. The van der Waals surface area contributed by atoms with Gasteiger partial charge in [-0.1, -0.05) is 18.2 Å². The van der Waals surface area contributed by atoms with Gasteiger partial charge in [-0.3, -0.25) is 19.7 Å². The van der Waals surface area contributed by atoms with E-state index >= 15 is 0 Å². The number of aliphatic hydroxyl groups is 2. The Labute approximate surface area is 200 Å².